The number of nitrogens with one attached hydrogen (secondary N) is 2. The zero-order chi connectivity index (χ0) is 18.6. The molecular weight excluding hydrogens is 341 g/mol. The first-order valence-electron chi connectivity index (χ1n) is 9.59. The molecule has 2 heterocycles. The van der Waals surface area contributed by atoms with Gasteiger partial charge in [-0.1, -0.05) is 12.1 Å². The Balaban J connectivity index is 1.31. The van der Waals surface area contributed by atoms with Gasteiger partial charge in [0, 0.05) is 36.2 Å². The number of benzene rings is 2. The minimum Gasteiger partial charge on any atom is -0.372 e. The number of rotatable bonds is 5. The molecule has 2 N–H and O–H groups in total. The minimum atomic E-state index is -0.304. The summed E-state index contributed by atoms with van der Waals surface area (Å²) in [7, 11) is 0. The van der Waals surface area contributed by atoms with E-state index in [1.807, 2.05) is 0 Å². The van der Waals surface area contributed by atoms with Gasteiger partial charge in [0.2, 0.25) is 0 Å². The lowest BCUT2D eigenvalue weighted by Gasteiger charge is -2.28. The molecule has 0 unspecified atom stereocenters. The number of hydrogen-bond acceptors (Lipinski definition) is 2. The predicted octanol–water partition coefficient (Wildman–Crippen LogP) is 4.27. The van der Waals surface area contributed by atoms with Crippen molar-refractivity contribution in [2.75, 3.05) is 24.5 Å². The molecule has 5 heteroatoms. The number of anilines is 1. The molecule has 2 aromatic carbocycles. The molecule has 0 bridgehead atoms. The maximum atomic E-state index is 13.3. The summed E-state index contributed by atoms with van der Waals surface area (Å²) in [6.07, 6.45) is 4.66. The number of piperidine rings is 1. The Bertz CT molecular complexity index is 926. The molecule has 1 amide bonds. The molecule has 1 aliphatic heterocycles. The van der Waals surface area contributed by atoms with Crippen LogP contribution in [0.2, 0.25) is 0 Å². The van der Waals surface area contributed by atoms with Crippen LogP contribution in [0.5, 0.6) is 0 Å². The molecule has 0 saturated carbocycles. The summed E-state index contributed by atoms with van der Waals surface area (Å²) in [5.74, 6) is -0.474. The van der Waals surface area contributed by atoms with Crippen LogP contribution in [0.3, 0.4) is 0 Å². The van der Waals surface area contributed by atoms with Gasteiger partial charge in [0.1, 0.15) is 11.5 Å². The zero-order valence-electron chi connectivity index (χ0n) is 15.3. The number of amides is 1. The fourth-order valence-electron chi connectivity index (χ4n) is 3.67. The number of aromatic nitrogens is 1. The fourth-order valence-corrected chi connectivity index (χ4v) is 3.67. The molecular formula is C22H24FN3O. The second kappa shape index (κ2) is 7.82. The highest BCUT2D eigenvalue weighted by Crippen LogP contribution is 2.20. The third kappa shape index (κ3) is 4.13. The number of H-pyrrole nitrogens is 1. The number of hydrogen-bond donors (Lipinski definition) is 2. The van der Waals surface area contributed by atoms with E-state index in [-0.39, 0.29) is 11.7 Å². The van der Waals surface area contributed by atoms with E-state index < -0.39 is 0 Å². The molecule has 1 aliphatic rings. The average Bonchev–Trinajstić information content (AvgIpc) is 3.12. The maximum Gasteiger partial charge on any atom is 0.267 e. The third-order valence-corrected chi connectivity index (χ3v) is 5.18. The van der Waals surface area contributed by atoms with Crippen molar-refractivity contribution in [3.05, 3.63) is 65.6 Å². The SMILES string of the molecule is O=C(NCCc1ccc(N2CCCCC2)cc1)c1cc2cc(F)ccc2[nH]1. The molecule has 0 aliphatic carbocycles. The highest BCUT2D eigenvalue weighted by molar-refractivity contribution is 5.98. The lowest BCUT2D eigenvalue weighted by atomic mass is 10.1. The van der Waals surface area contributed by atoms with E-state index in [0.29, 0.717) is 17.6 Å². The molecule has 0 spiro atoms. The number of halogens is 1. The Hall–Kier alpha value is -2.82. The van der Waals surface area contributed by atoms with Crippen LogP contribution >= 0.6 is 0 Å². The molecule has 1 aromatic heterocycles. The number of nitrogens with zero attached hydrogens (tertiary/aromatic N) is 1. The van der Waals surface area contributed by atoms with Gasteiger partial charge >= 0.3 is 0 Å². The van der Waals surface area contributed by atoms with Crippen molar-refractivity contribution in [3.63, 3.8) is 0 Å². The zero-order valence-corrected chi connectivity index (χ0v) is 15.3. The first-order chi connectivity index (χ1) is 13.2. The van der Waals surface area contributed by atoms with Gasteiger partial charge in [-0.2, -0.15) is 0 Å². The standard InChI is InChI=1S/C22H24FN3O/c23-18-6-9-20-17(14-18)15-21(25-20)22(27)24-11-10-16-4-7-19(8-5-16)26-12-2-1-3-13-26/h4-9,14-15,25H,1-3,10-13H2,(H,24,27). The number of fused-ring (bicyclic) bond motifs is 1. The number of carbonyl (C=O) groups excluding carboxylic acids is 1. The van der Waals surface area contributed by atoms with E-state index in [1.165, 1.54) is 42.6 Å². The van der Waals surface area contributed by atoms with E-state index in [9.17, 15) is 9.18 Å². The van der Waals surface area contributed by atoms with Crippen molar-refractivity contribution in [2.45, 2.75) is 25.7 Å². The largest absolute Gasteiger partial charge is 0.372 e. The van der Waals surface area contributed by atoms with Crippen LogP contribution in [0, 0.1) is 5.82 Å². The fraction of sp³-hybridized carbons (Fsp3) is 0.318. The van der Waals surface area contributed by atoms with E-state index in [1.54, 1.807) is 12.1 Å². The van der Waals surface area contributed by atoms with E-state index in [4.69, 9.17) is 0 Å². The Labute approximate surface area is 158 Å². The van der Waals surface area contributed by atoms with Crippen LogP contribution < -0.4 is 10.2 Å². The van der Waals surface area contributed by atoms with E-state index in [2.05, 4.69) is 39.5 Å². The van der Waals surface area contributed by atoms with Gasteiger partial charge in [-0.15, -0.1) is 0 Å². The van der Waals surface area contributed by atoms with Crippen LogP contribution in [-0.4, -0.2) is 30.5 Å². The Kier molecular flexibility index (Phi) is 5.10. The Morgan fingerprint density at radius 3 is 2.59 bits per heavy atom. The minimum absolute atomic E-state index is 0.170. The van der Waals surface area contributed by atoms with Crippen LogP contribution in [0.1, 0.15) is 35.3 Å². The third-order valence-electron chi connectivity index (χ3n) is 5.18. The van der Waals surface area contributed by atoms with E-state index in [0.717, 1.165) is 25.0 Å². The first-order valence-corrected chi connectivity index (χ1v) is 9.59. The van der Waals surface area contributed by atoms with Crippen molar-refractivity contribution >= 4 is 22.5 Å². The molecule has 4 rings (SSSR count). The highest BCUT2D eigenvalue weighted by Gasteiger charge is 2.11. The molecule has 0 atom stereocenters. The van der Waals surface area contributed by atoms with Gasteiger partial charge < -0.3 is 15.2 Å². The van der Waals surface area contributed by atoms with Gasteiger partial charge in [0.25, 0.3) is 5.91 Å². The van der Waals surface area contributed by atoms with Crippen molar-refractivity contribution in [2.24, 2.45) is 0 Å². The van der Waals surface area contributed by atoms with E-state index >= 15 is 0 Å². The maximum absolute atomic E-state index is 13.3. The quantitative estimate of drug-likeness (QED) is 0.709. The summed E-state index contributed by atoms with van der Waals surface area (Å²) in [6.45, 7) is 2.85. The monoisotopic (exact) mass is 365 g/mol. The lowest BCUT2D eigenvalue weighted by molar-refractivity contribution is 0.0950. The second-order valence-corrected chi connectivity index (χ2v) is 7.13. The number of aromatic amines is 1. The average molecular weight is 365 g/mol. The Morgan fingerprint density at radius 1 is 1.04 bits per heavy atom. The molecule has 140 valence electrons. The molecule has 1 saturated heterocycles. The summed E-state index contributed by atoms with van der Waals surface area (Å²) in [4.78, 5) is 17.8. The highest BCUT2D eigenvalue weighted by atomic mass is 19.1. The van der Waals surface area contributed by atoms with Crippen LogP contribution in [0.25, 0.3) is 10.9 Å². The molecule has 4 nitrogen and oxygen atoms in total. The predicted molar refractivity (Wildman–Crippen MR) is 107 cm³/mol. The molecule has 27 heavy (non-hydrogen) atoms. The van der Waals surface area contributed by atoms with Gasteiger partial charge in [-0.05, 0) is 67.6 Å². The van der Waals surface area contributed by atoms with Gasteiger partial charge in [-0.25, -0.2) is 4.39 Å². The van der Waals surface area contributed by atoms with Crippen molar-refractivity contribution in [1.29, 1.82) is 0 Å². The summed E-state index contributed by atoms with van der Waals surface area (Å²) in [6, 6.07) is 14.8. The molecule has 1 fully saturated rings. The van der Waals surface area contributed by atoms with Crippen LogP contribution in [-0.2, 0) is 6.42 Å². The summed E-state index contributed by atoms with van der Waals surface area (Å²) < 4.78 is 13.3. The van der Waals surface area contributed by atoms with Crippen LogP contribution in [0.4, 0.5) is 10.1 Å². The molecule has 0 radical (unpaired) electrons. The van der Waals surface area contributed by atoms with Crippen LogP contribution in [0.15, 0.2) is 48.5 Å². The van der Waals surface area contributed by atoms with Crippen molar-refractivity contribution in [1.82, 2.24) is 10.3 Å². The number of carbonyl (C=O) groups is 1. The smallest absolute Gasteiger partial charge is 0.267 e. The topological polar surface area (TPSA) is 48.1 Å². The van der Waals surface area contributed by atoms with Gasteiger partial charge in [0.15, 0.2) is 0 Å². The summed E-state index contributed by atoms with van der Waals surface area (Å²) in [5, 5.41) is 3.63. The summed E-state index contributed by atoms with van der Waals surface area (Å²) in [5.41, 5.74) is 3.70. The van der Waals surface area contributed by atoms with Gasteiger partial charge in [-0.3, -0.25) is 4.79 Å². The second-order valence-electron chi connectivity index (χ2n) is 7.13. The normalized spacial score (nSPS) is 14.5. The van der Waals surface area contributed by atoms with Crippen molar-refractivity contribution < 1.29 is 9.18 Å². The van der Waals surface area contributed by atoms with Crippen molar-refractivity contribution in [3.8, 4) is 0 Å². The van der Waals surface area contributed by atoms with Gasteiger partial charge in [0.05, 0.1) is 0 Å². The summed E-state index contributed by atoms with van der Waals surface area (Å²) >= 11 is 0. The molecule has 3 aromatic rings. The first kappa shape index (κ1) is 17.6. The Morgan fingerprint density at radius 2 is 1.81 bits per heavy atom. The lowest BCUT2D eigenvalue weighted by Crippen LogP contribution is -2.29.